The molecule has 0 atom stereocenters. The summed E-state index contributed by atoms with van der Waals surface area (Å²) in [4.78, 5) is 0. The number of benzene rings is 4. The molecule has 4 aromatic rings. The van der Waals surface area contributed by atoms with Gasteiger partial charge in [-0.2, -0.15) is 0 Å². The summed E-state index contributed by atoms with van der Waals surface area (Å²) in [5.74, 6) is -2.84. The van der Waals surface area contributed by atoms with Crippen LogP contribution in [0.5, 0.6) is 0 Å². The highest BCUT2D eigenvalue weighted by Gasteiger charge is 2.17. The molecule has 0 heterocycles. The standard InChI is InChI=1S/C27H22F4/c1-2-3-4-6-17-9-11-22-18(13-17)10-12-23(27(22)31)20-15-24(29)26(25(30)16-20)19-7-5-8-21(28)14-19/h5,7-16H,2-4,6H2,1H3. The topological polar surface area (TPSA) is 0 Å². The molecule has 0 aliphatic heterocycles. The summed E-state index contributed by atoms with van der Waals surface area (Å²) in [5, 5.41) is 1.17. The van der Waals surface area contributed by atoms with Crippen LogP contribution in [-0.2, 0) is 6.42 Å². The van der Waals surface area contributed by atoms with Gasteiger partial charge in [0.1, 0.15) is 23.3 Å². The van der Waals surface area contributed by atoms with E-state index in [1.807, 2.05) is 12.1 Å². The molecular weight excluding hydrogens is 400 g/mol. The van der Waals surface area contributed by atoms with Crippen molar-refractivity contribution < 1.29 is 17.6 Å². The van der Waals surface area contributed by atoms with Crippen LogP contribution < -0.4 is 0 Å². The van der Waals surface area contributed by atoms with Gasteiger partial charge in [-0.3, -0.25) is 0 Å². The fourth-order valence-electron chi connectivity index (χ4n) is 3.95. The van der Waals surface area contributed by atoms with Crippen LogP contribution in [0.4, 0.5) is 17.6 Å². The first-order valence-electron chi connectivity index (χ1n) is 10.4. The molecule has 0 fully saturated rings. The fraction of sp³-hybridized carbons (Fsp3) is 0.185. The zero-order valence-electron chi connectivity index (χ0n) is 17.2. The van der Waals surface area contributed by atoms with Crippen molar-refractivity contribution in [2.24, 2.45) is 0 Å². The van der Waals surface area contributed by atoms with Gasteiger partial charge in [-0.15, -0.1) is 0 Å². The van der Waals surface area contributed by atoms with Gasteiger partial charge < -0.3 is 0 Å². The van der Waals surface area contributed by atoms with Gasteiger partial charge in [-0.25, -0.2) is 17.6 Å². The van der Waals surface area contributed by atoms with Gasteiger partial charge in [-0.05, 0) is 59.2 Å². The third-order valence-electron chi connectivity index (χ3n) is 5.55. The van der Waals surface area contributed by atoms with Crippen LogP contribution in [0.25, 0.3) is 33.0 Å². The van der Waals surface area contributed by atoms with E-state index in [2.05, 4.69) is 6.92 Å². The summed E-state index contributed by atoms with van der Waals surface area (Å²) in [6.45, 7) is 2.15. The fourth-order valence-corrected chi connectivity index (χ4v) is 3.95. The first kappa shape index (κ1) is 21.1. The smallest absolute Gasteiger partial charge is 0.138 e. The van der Waals surface area contributed by atoms with Gasteiger partial charge in [0.05, 0.1) is 5.56 Å². The van der Waals surface area contributed by atoms with E-state index in [1.54, 1.807) is 18.2 Å². The Labute approximate surface area is 179 Å². The summed E-state index contributed by atoms with van der Waals surface area (Å²) >= 11 is 0. The largest absolute Gasteiger partial charge is 0.207 e. The highest BCUT2D eigenvalue weighted by molar-refractivity contribution is 5.89. The molecule has 0 nitrogen and oxygen atoms in total. The normalized spacial score (nSPS) is 11.3. The second-order valence-electron chi connectivity index (χ2n) is 7.76. The van der Waals surface area contributed by atoms with Gasteiger partial charge in [0.2, 0.25) is 0 Å². The van der Waals surface area contributed by atoms with Crippen molar-refractivity contribution in [3.63, 3.8) is 0 Å². The monoisotopic (exact) mass is 422 g/mol. The molecule has 0 spiro atoms. The molecular formula is C27H22F4. The van der Waals surface area contributed by atoms with E-state index in [9.17, 15) is 13.2 Å². The van der Waals surface area contributed by atoms with Crippen LogP contribution in [0.1, 0.15) is 31.7 Å². The van der Waals surface area contributed by atoms with Crippen molar-refractivity contribution in [1.82, 2.24) is 0 Å². The molecule has 0 aliphatic rings. The first-order chi connectivity index (χ1) is 15.0. The zero-order chi connectivity index (χ0) is 22.0. The molecule has 4 rings (SSSR count). The Kier molecular flexibility index (Phi) is 6.08. The van der Waals surface area contributed by atoms with E-state index in [0.29, 0.717) is 5.39 Å². The lowest BCUT2D eigenvalue weighted by molar-refractivity contribution is 0.589. The predicted molar refractivity (Wildman–Crippen MR) is 118 cm³/mol. The average Bonchev–Trinajstić information content (AvgIpc) is 2.74. The molecule has 4 heteroatoms. The zero-order valence-corrected chi connectivity index (χ0v) is 17.2. The van der Waals surface area contributed by atoms with Crippen molar-refractivity contribution in [2.75, 3.05) is 0 Å². The predicted octanol–water partition coefficient (Wildman–Crippen LogP) is 8.46. The Morgan fingerprint density at radius 1 is 0.710 bits per heavy atom. The molecule has 0 amide bonds. The van der Waals surface area contributed by atoms with Gasteiger partial charge in [0, 0.05) is 10.9 Å². The van der Waals surface area contributed by atoms with Crippen LogP contribution in [0.15, 0.2) is 66.7 Å². The molecule has 0 saturated heterocycles. The lowest BCUT2D eigenvalue weighted by atomic mass is 9.95. The highest BCUT2D eigenvalue weighted by atomic mass is 19.1. The van der Waals surface area contributed by atoms with Crippen LogP contribution in [0, 0.1) is 23.3 Å². The SMILES string of the molecule is CCCCCc1ccc2c(F)c(-c3cc(F)c(-c4cccc(F)c4)c(F)c3)ccc2c1. The number of aryl methyl sites for hydroxylation is 1. The van der Waals surface area contributed by atoms with Crippen LogP contribution in [0.2, 0.25) is 0 Å². The van der Waals surface area contributed by atoms with Crippen LogP contribution in [-0.4, -0.2) is 0 Å². The van der Waals surface area contributed by atoms with Gasteiger partial charge in [0.15, 0.2) is 0 Å². The quantitative estimate of drug-likeness (QED) is 0.216. The molecule has 0 saturated carbocycles. The summed E-state index contributed by atoms with van der Waals surface area (Å²) in [6, 6.07) is 16.2. The molecule has 31 heavy (non-hydrogen) atoms. The molecule has 158 valence electrons. The Morgan fingerprint density at radius 2 is 1.48 bits per heavy atom. The van der Waals surface area contributed by atoms with Gasteiger partial charge >= 0.3 is 0 Å². The van der Waals surface area contributed by atoms with Crippen molar-refractivity contribution in [3.05, 3.63) is 95.6 Å². The van der Waals surface area contributed by atoms with Crippen molar-refractivity contribution >= 4 is 10.8 Å². The minimum atomic E-state index is -0.869. The third-order valence-corrected chi connectivity index (χ3v) is 5.55. The maximum Gasteiger partial charge on any atom is 0.138 e. The first-order valence-corrected chi connectivity index (χ1v) is 10.4. The Morgan fingerprint density at radius 3 is 2.19 bits per heavy atom. The molecule has 0 N–H and O–H groups in total. The summed E-state index contributed by atoms with van der Waals surface area (Å²) in [7, 11) is 0. The molecule has 0 aliphatic carbocycles. The van der Waals surface area contributed by atoms with Crippen molar-refractivity contribution in [2.45, 2.75) is 32.6 Å². The van der Waals surface area contributed by atoms with E-state index in [1.165, 1.54) is 18.2 Å². The number of fused-ring (bicyclic) bond motifs is 1. The Bertz CT molecular complexity index is 1220. The van der Waals surface area contributed by atoms with Crippen LogP contribution in [0.3, 0.4) is 0 Å². The Hall–Kier alpha value is -3.14. The second-order valence-corrected chi connectivity index (χ2v) is 7.76. The average molecular weight is 422 g/mol. The third kappa shape index (κ3) is 4.34. The van der Waals surface area contributed by atoms with E-state index >= 15 is 4.39 Å². The van der Waals surface area contributed by atoms with E-state index in [-0.39, 0.29) is 22.3 Å². The number of halogens is 4. The molecule has 0 bridgehead atoms. The van der Waals surface area contributed by atoms with E-state index < -0.39 is 23.3 Å². The minimum absolute atomic E-state index is 0.0936. The summed E-state index contributed by atoms with van der Waals surface area (Å²) < 4.78 is 58.3. The number of rotatable bonds is 6. The van der Waals surface area contributed by atoms with Crippen molar-refractivity contribution in [3.8, 4) is 22.3 Å². The van der Waals surface area contributed by atoms with E-state index in [0.717, 1.165) is 54.8 Å². The molecule has 0 unspecified atom stereocenters. The van der Waals surface area contributed by atoms with E-state index in [4.69, 9.17) is 0 Å². The second kappa shape index (κ2) is 8.93. The molecule has 0 aromatic heterocycles. The highest BCUT2D eigenvalue weighted by Crippen LogP contribution is 2.34. The van der Waals surface area contributed by atoms with Crippen LogP contribution >= 0.6 is 0 Å². The summed E-state index contributed by atoms with van der Waals surface area (Å²) in [6.07, 6.45) is 4.30. The number of hydrogen-bond acceptors (Lipinski definition) is 0. The molecule has 0 radical (unpaired) electrons. The molecule has 4 aromatic carbocycles. The Balaban J connectivity index is 1.73. The lowest BCUT2D eigenvalue weighted by Crippen LogP contribution is -1.95. The maximum absolute atomic E-state index is 15.2. The van der Waals surface area contributed by atoms with Gasteiger partial charge in [0.25, 0.3) is 0 Å². The number of hydrogen-bond donors (Lipinski definition) is 0. The maximum atomic E-state index is 15.2. The van der Waals surface area contributed by atoms with Gasteiger partial charge in [-0.1, -0.05) is 62.2 Å². The lowest BCUT2D eigenvalue weighted by Gasteiger charge is -2.12. The summed E-state index contributed by atoms with van der Waals surface area (Å²) in [5.41, 5.74) is 1.12. The number of unbranched alkanes of at least 4 members (excludes halogenated alkanes) is 2. The minimum Gasteiger partial charge on any atom is -0.207 e. The van der Waals surface area contributed by atoms with Crippen molar-refractivity contribution in [1.29, 1.82) is 0 Å².